The highest BCUT2D eigenvalue weighted by Crippen LogP contribution is 2.36. The summed E-state index contributed by atoms with van der Waals surface area (Å²) in [4.78, 5) is 14.3. The summed E-state index contributed by atoms with van der Waals surface area (Å²) in [6.45, 7) is 0. The van der Waals surface area contributed by atoms with Gasteiger partial charge in [0.15, 0.2) is 9.84 Å². The second kappa shape index (κ2) is 5.01. The van der Waals surface area contributed by atoms with Crippen molar-refractivity contribution in [1.82, 2.24) is 4.90 Å². The van der Waals surface area contributed by atoms with Gasteiger partial charge < -0.3 is 4.42 Å². The van der Waals surface area contributed by atoms with Gasteiger partial charge in [0.05, 0.1) is 35.0 Å². The molecule has 1 amide bonds. The van der Waals surface area contributed by atoms with Gasteiger partial charge in [-0.15, -0.1) is 0 Å². The molecule has 0 radical (unpaired) electrons. The van der Waals surface area contributed by atoms with Crippen LogP contribution < -0.4 is 0 Å². The number of thiocarbonyl (C=S) groups is 1. The lowest BCUT2D eigenvalue weighted by Crippen LogP contribution is -2.39. The number of amides is 1. The molecule has 0 spiro atoms. The van der Waals surface area contributed by atoms with E-state index in [1.807, 2.05) is 0 Å². The van der Waals surface area contributed by atoms with E-state index in [2.05, 4.69) is 0 Å². The summed E-state index contributed by atoms with van der Waals surface area (Å²) in [6, 6.07) is 1.41. The number of sulfone groups is 1. The molecule has 0 unspecified atom stereocenters. The van der Waals surface area contributed by atoms with Crippen molar-refractivity contribution in [2.24, 2.45) is 0 Å². The van der Waals surface area contributed by atoms with Crippen LogP contribution in [0.15, 0.2) is 27.9 Å². The highest BCUT2D eigenvalue weighted by Gasteiger charge is 2.42. The molecule has 0 aromatic carbocycles. The third-order valence-electron chi connectivity index (χ3n) is 3.24. The molecule has 2 fully saturated rings. The van der Waals surface area contributed by atoms with Gasteiger partial charge in [0.2, 0.25) is 0 Å². The Morgan fingerprint density at radius 3 is 2.90 bits per heavy atom. The lowest BCUT2D eigenvalue weighted by molar-refractivity contribution is -0.123. The predicted octanol–water partition coefficient (Wildman–Crippen LogP) is 1.67. The van der Waals surface area contributed by atoms with E-state index < -0.39 is 9.84 Å². The fourth-order valence-corrected chi connectivity index (χ4v) is 5.38. The molecule has 2 aliphatic heterocycles. The van der Waals surface area contributed by atoms with Crippen LogP contribution in [-0.4, -0.2) is 41.1 Å². The zero-order valence-corrected chi connectivity index (χ0v) is 12.8. The van der Waals surface area contributed by atoms with Crippen LogP contribution in [0, 0.1) is 0 Å². The maximum Gasteiger partial charge on any atom is 0.266 e. The van der Waals surface area contributed by atoms with Crippen LogP contribution in [0.25, 0.3) is 6.08 Å². The van der Waals surface area contributed by atoms with Crippen molar-refractivity contribution in [2.75, 3.05) is 11.5 Å². The summed E-state index contributed by atoms with van der Waals surface area (Å²) in [6.07, 6.45) is 5.21. The molecule has 0 bridgehead atoms. The van der Waals surface area contributed by atoms with Crippen LogP contribution in [-0.2, 0) is 14.6 Å². The molecule has 0 N–H and O–H groups in total. The number of carbonyl (C=O) groups is 1. The first kappa shape index (κ1) is 13.8. The fourth-order valence-electron chi connectivity index (χ4n) is 2.28. The third-order valence-corrected chi connectivity index (χ3v) is 6.32. The Labute approximate surface area is 125 Å². The third kappa shape index (κ3) is 2.55. The fraction of sp³-hybridized carbons (Fsp3) is 0.333. The van der Waals surface area contributed by atoms with E-state index in [1.54, 1.807) is 12.1 Å². The Hall–Kier alpha value is -1.12. The van der Waals surface area contributed by atoms with E-state index in [9.17, 15) is 13.2 Å². The highest BCUT2D eigenvalue weighted by atomic mass is 32.2. The standard InChI is InChI=1S/C12H11NO4S3/c14-11-10(5-8-1-3-17-6-8)19-12(18)13(11)9-2-4-20(15,16)7-9/h1,3,5-6,9H,2,4,7H2/b10-5-/t9-/m0/s1. The second-order valence-electron chi connectivity index (χ2n) is 4.67. The molecule has 3 heterocycles. The first-order chi connectivity index (χ1) is 9.46. The topological polar surface area (TPSA) is 67.6 Å². The lowest BCUT2D eigenvalue weighted by atomic mass is 10.2. The molecule has 20 heavy (non-hydrogen) atoms. The normalized spacial score (nSPS) is 27.7. The number of rotatable bonds is 2. The van der Waals surface area contributed by atoms with Crippen molar-refractivity contribution in [2.45, 2.75) is 12.5 Å². The van der Waals surface area contributed by atoms with Crippen LogP contribution in [0.3, 0.4) is 0 Å². The Kier molecular flexibility index (Phi) is 3.47. The van der Waals surface area contributed by atoms with Crippen molar-refractivity contribution < 1.29 is 17.6 Å². The number of thioether (sulfide) groups is 1. The Morgan fingerprint density at radius 2 is 2.30 bits per heavy atom. The molecule has 3 rings (SSSR count). The number of furan rings is 1. The van der Waals surface area contributed by atoms with Crippen molar-refractivity contribution in [3.63, 3.8) is 0 Å². The van der Waals surface area contributed by atoms with E-state index in [1.165, 1.54) is 29.2 Å². The lowest BCUT2D eigenvalue weighted by Gasteiger charge is -2.20. The second-order valence-corrected chi connectivity index (χ2v) is 8.57. The molecule has 5 nitrogen and oxygen atoms in total. The SMILES string of the molecule is O=C1/C(=C/c2ccoc2)SC(=S)N1[C@H]1CCS(=O)(=O)C1. The largest absolute Gasteiger partial charge is 0.472 e. The number of carbonyl (C=O) groups excluding carboxylic acids is 1. The van der Waals surface area contributed by atoms with Gasteiger partial charge in [0.25, 0.3) is 5.91 Å². The molecular formula is C12H11NO4S3. The molecular weight excluding hydrogens is 318 g/mol. The predicted molar refractivity (Wildman–Crippen MR) is 80.8 cm³/mol. The van der Waals surface area contributed by atoms with E-state index in [0.717, 1.165) is 5.56 Å². The Balaban J connectivity index is 1.85. The van der Waals surface area contributed by atoms with Gasteiger partial charge in [-0.2, -0.15) is 0 Å². The van der Waals surface area contributed by atoms with Gasteiger partial charge in [-0.1, -0.05) is 24.0 Å². The van der Waals surface area contributed by atoms with E-state index >= 15 is 0 Å². The van der Waals surface area contributed by atoms with Gasteiger partial charge >= 0.3 is 0 Å². The Morgan fingerprint density at radius 1 is 1.50 bits per heavy atom. The van der Waals surface area contributed by atoms with Crippen LogP contribution >= 0.6 is 24.0 Å². The quantitative estimate of drug-likeness (QED) is 0.607. The van der Waals surface area contributed by atoms with Crippen molar-refractivity contribution in [1.29, 1.82) is 0 Å². The summed E-state index contributed by atoms with van der Waals surface area (Å²) in [5.74, 6) is -0.100. The summed E-state index contributed by atoms with van der Waals surface area (Å²) in [7, 11) is -3.04. The van der Waals surface area contributed by atoms with Gasteiger partial charge in [-0.05, 0) is 18.6 Å². The zero-order valence-electron chi connectivity index (χ0n) is 10.3. The van der Waals surface area contributed by atoms with Crippen LogP contribution in [0.2, 0.25) is 0 Å². The van der Waals surface area contributed by atoms with Gasteiger partial charge in [-0.3, -0.25) is 9.69 Å². The van der Waals surface area contributed by atoms with E-state index in [-0.39, 0.29) is 23.5 Å². The van der Waals surface area contributed by atoms with Crippen LogP contribution in [0.1, 0.15) is 12.0 Å². The van der Waals surface area contributed by atoms with Gasteiger partial charge in [0, 0.05) is 5.56 Å². The molecule has 1 aromatic heterocycles. The summed E-state index contributed by atoms with van der Waals surface area (Å²) < 4.78 is 28.4. The minimum Gasteiger partial charge on any atom is -0.472 e. The first-order valence-corrected chi connectivity index (χ1v) is 9.00. The summed E-state index contributed by atoms with van der Waals surface area (Å²) in [5.41, 5.74) is 0.782. The number of hydrogen-bond donors (Lipinski definition) is 0. The molecule has 1 atom stereocenters. The maximum absolute atomic E-state index is 12.4. The molecule has 8 heteroatoms. The molecule has 2 saturated heterocycles. The molecule has 1 aromatic rings. The Bertz CT molecular complexity index is 690. The summed E-state index contributed by atoms with van der Waals surface area (Å²) in [5, 5.41) is 0. The molecule has 106 valence electrons. The van der Waals surface area contributed by atoms with Gasteiger partial charge in [-0.25, -0.2) is 8.42 Å². The minimum absolute atomic E-state index is 0.00156. The molecule has 0 saturated carbocycles. The van der Waals surface area contributed by atoms with Crippen molar-refractivity contribution in [3.8, 4) is 0 Å². The van der Waals surface area contributed by atoms with Crippen LogP contribution in [0.5, 0.6) is 0 Å². The zero-order chi connectivity index (χ0) is 14.3. The van der Waals surface area contributed by atoms with Crippen molar-refractivity contribution in [3.05, 3.63) is 29.1 Å². The molecule has 0 aliphatic carbocycles. The summed E-state index contributed by atoms with van der Waals surface area (Å²) >= 11 is 6.41. The number of hydrogen-bond acceptors (Lipinski definition) is 6. The average molecular weight is 329 g/mol. The maximum atomic E-state index is 12.4. The van der Waals surface area contributed by atoms with Crippen molar-refractivity contribution >= 4 is 50.1 Å². The van der Waals surface area contributed by atoms with E-state index in [0.29, 0.717) is 15.6 Å². The van der Waals surface area contributed by atoms with Gasteiger partial charge in [0.1, 0.15) is 4.32 Å². The minimum atomic E-state index is -3.04. The van der Waals surface area contributed by atoms with E-state index in [4.69, 9.17) is 16.6 Å². The number of nitrogens with zero attached hydrogens (tertiary/aromatic N) is 1. The average Bonchev–Trinajstić information content (AvgIpc) is 3.03. The van der Waals surface area contributed by atoms with Crippen LogP contribution in [0.4, 0.5) is 0 Å². The highest BCUT2D eigenvalue weighted by molar-refractivity contribution is 8.26. The first-order valence-electron chi connectivity index (χ1n) is 5.96. The monoisotopic (exact) mass is 329 g/mol. The smallest absolute Gasteiger partial charge is 0.266 e. The molecule has 2 aliphatic rings.